The van der Waals surface area contributed by atoms with Gasteiger partial charge in [-0.05, 0) is 0 Å². The van der Waals surface area contributed by atoms with Gasteiger partial charge in [-0.15, -0.1) is 0 Å². The van der Waals surface area contributed by atoms with Crippen LogP contribution in [0.1, 0.15) is 0 Å². The Labute approximate surface area is 456 Å². The molecule has 0 atom stereocenters. The summed E-state index contributed by atoms with van der Waals surface area (Å²) in [7, 11) is 0. The fourth-order valence-electron chi connectivity index (χ4n) is 0. The molecule has 0 aromatic heterocycles. The second kappa shape index (κ2) is 109. The Kier molecular flexibility index (Phi) is 818. The average Bonchev–Trinajstić information content (AvgIpc) is 0. The molecule has 0 aliphatic heterocycles. The molecule has 16 heavy (non-hydrogen) atoms. The Morgan fingerprint density at radius 3 is 0.0625 bits per heavy atom. The van der Waals surface area contributed by atoms with Gasteiger partial charge < -0.3 is 0 Å². The molecule has 0 aromatic carbocycles. The Morgan fingerprint density at radius 2 is 0.0625 bits per heavy atom. The van der Waals surface area contributed by atoms with Crippen LogP contribution in [0.3, 0.4) is 0 Å². The van der Waals surface area contributed by atoms with Gasteiger partial charge in [0.05, 0.1) is 0 Å². The molecule has 16 heteroatoms. The van der Waals surface area contributed by atoms with Gasteiger partial charge in [0.15, 0.2) is 0 Å². The second-order valence-corrected chi connectivity index (χ2v) is 0. The Hall–Kier alpha value is 16.0. The first-order valence-electron chi connectivity index (χ1n) is 0. The smallest absolute Gasteiger partial charge is 0 e. The van der Waals surface area contributed by atoms with Crippen LogP contribution in [-0.2, 0) is 0 Å². The van der Waals surface area contributed by atoms with Crippen LogP contribution in [0.15, 0.2) is 0 Å². The SMILES string of the molecule is [Na].[Na].[Na].[Na].[Na].[Na].[Na].[Na].[Na].[Na].[Na].[Na].[Na].[Na].[Na].[Na]. The molecule has 16 radical (unpaired) electrons. The van der Waals surface area contributed by atoms with Crippen molar-refractivity contribution in [1.29, 1.82) is 0 Å². The molecule has 0 spiro atoms. The minimum Gasteiger partial charge on any atom is 0 e. The molecule has 0 heterocycles. The molecule has 0 rings (SSSR count). The largest absolute Gasteiger partial charge is 0 e. The van der Waals surface area contributed by atoms with Crippen LogP contribution in [0.5, 0.6) is 0 Å². The summed E-state index contributed by atoms with van der Waals surface area (Å²) in [5.41, 5.74) is 0. The topological polar surface area (TPSA) is 0 Å². The molecule has 0 saturated heterocycles. The van der Waals surface area contributed by atoms with Crippen molar-refractivity contribution in [2.75, 3.05) is 0 Å². The van der Waals surface area contributed by atoms with Crippen LogP contribution in [-0.4, -0.2) is 473 Å². The molecule has 0 fully saturated rings. The monoisotopic (exact) mass is 368 g/mol. The van der Waals surface area contributed by atoms with Crippen LogP contribution < -0.4 is 0 Å². The quantitative estimate of drug-likeness (QED) is 0.374. The molecular formula is Na16. The van der Waals surface area contributed by atoms with E-state index >= 15 is 0 Å². The van der Waals surface area contributed by atoms with Crippen LogP contribution in [0.4, 0.5) is 0 Å². The summed E-state index contributed by atoms with van der Waals surface area (Å²) in [6.07, 6.45) is 0. The third kappa shape index (κ3) is 98.6. The van der Waals surface area contributed by atoms with Gasteiger partial charge in [0, 0.05) is 473 Å². The van der Waals surface area contributed by atoms with E-state index in [1.165, 1.54) is 0 Å². The molecule has 0 bridgehead atoms. The van der Waals surface area contributed by atoms with E-state index in [2.05, 4.69) is 0 Å². The van der Waals surface area contributed by atoms with Gasteiger partial charge in [-0.2, -0.15) is 0 Å². The fourth-order valence-corrected chi connectivity index (χ4v) is 0. The van der Waals surface area contributed by atoms with Crippen LogP contribution in [0.2, 0.25) is 0 Å². The third-order valence-electron chi connectivity index (χ3n) is 0. The normalized spacial score (nSPS) is 0. The van der Waals surface area contributed by atoms with Gasteiger partial charge in [-0.3, -0.25) is 0 Å². The van der Waals surface area contributed by atoms with E-state index in [0.29, 0.717) is 0 Å². The van der Waals surface area contributed by atoms with Crippen LogP contribution in [0.25, 0.3) is 0 Å². The summed E-state index contributed by atoms with van der Waals surface area (Å²) in [6, 6.07) is 0. The summed E-state index contributed by atoms with van der Waals surface area (Å²) in [5, 5.41) is 0. The van der Waals surface area contributed by atoms with E-state index in [1.54, 1.807) is 0 Å². The average molecular weight is 368 g/mol. The zero-order valence-corrected chi connectivity index (χ0v) is 48.0. The Morgan fingerprint density at radius 1 is 0.0625 bits per heavy atom. The Balaban J connectivity index is 0. The first-order valence-corrected chi connectivity index (χ1v) is 0. The molecular weight excluding hydrogens is 368 g/mol. The second-order valence-electron chi connectivity index (χ2n) is 0. The molecule has 16 valence electrons. The van der Waals surface area contributed by atoms with Crippen molar-refractivity contribution in [2.45, 2.75) is 0 Å². The van der Waals surface area contributed by atoms with E-state index in [0.717, 1.165) is 0 Å². The number of rotatable bonds is 0. The maximum Gasteiger partial charge on any atom is 0 e. The molecule has 0 saturated carbocycles. The summed E-state index contributed by atoms with van der Waals surface area (Å²) in [5.74, 6) is 0. The van der Waals surface area contributed by atoms with E-state index in [4.69, 9.17) is 0 Å². The van der Waals surface area contributed by atoms with Gasteiger partial charge in [-0.25, -0.2) is 0 Å². The molecule has 0 aliphatic rings. The van der Waals surface area contributed by atoms with Crippen molar-refractivity contribution in [3.8, 4) is 0 Å². The summed E-state index contributed by atoms with van der Waals surface area (Å²) in [4.78, 5) is 0. The minimum atomic E-state index is 0. The number of hydrogen-bond donors (Lipinski definition) is 0. The third-order valence-corrected chi connectivity index (χ3v) is 0. The summed E-state index contributed by atoms with van der Waals surface area (Å²) < 4.78 is 0. The summed E-state index contributed by atoms with van der Waals surface area (Å²) in [6.45, 7) is 0. The standard InChI is InChI=1S/16Na. The number of hydrogen-bond acceptors (Lipinski definition) is 0. The van der Waals surface area contributed by atoms with Crippen molar-refractivity contribution in [1.82, 2.24) is 0 Å². The van der Waals surface area contributed by atoms with Crippen LogP contribution >= 0.6 is 0 Å². The predicted molar refractivity (Wildman–Crippen MR) is 92.1 cm³/mol. The van der Waals surface area contributed by atoms with Crippen molar-refractivity contribution in [2.24, 2.45) is 0 Å². The zero-order valence-electron chi connectivity index (χ0n) is 16.0. The van der Waals surface area contributed by atoms with E-state index in [9.17, 15) is 0 Å². The maximum atomic E-state index is 0. The molecule has 0 amide bonds. The van der Waals surface area contributed by atoms with Crippen molar-refractivity contribution in [3.05, 3.63) is 0 Å². The molecule has 0 aromatic rings. The first-order chi connectivity index (χ1) is 0. The van der Waals surface area contributed by atoms with Crippen molar-refractivity contribution >= 4 is 473 Å². The van der Waals surface area contributed by atoms with Crippen molar-refractivity contribution in [3.63, 3.8) is 0 Å². The van der Waals surface area contributed by atoms with Gasteiger partial charge in [0.25, 0.3) is 0 Å². The van der Waals surface area contributed by atoms with E-state index in [-0.39, 0.29) is 473 Å². The maximum absolute atomic E-state index is 0. The Bertz CT molecular complexity index is 0. The summed E-state index contributed by atoms with van der Waals surface area (Å²) >= 11 is 0. The predicted octanol–water partition coefficient (Wildman–Crippen LogP) is -6.09. The molecule has 0 unspecified atom stereocenters. The minimum absolute atomic E-state index is 0. The van der Waals surface area contributed by atoms with E-state index < -0.39 is 0 Å². The van der Waals surface area contributed by atoms with Gasteiger partial charge in [-0.1, -0.05) is 0 Å². The van der Waals surface area contributed by atoms with Crippen LogP contribution in [0, 0.1) is 0 Å². The zero-order chi connectivity index (χ0) is 0. The van der Waals surface area contributed by atoms with E-state index in [1.807, 2.05) is 0 Å². The van der Waals surface area contributed by atoms with Gasteiger partial charge in [0.1, 0.15) is 0 Å². The molecule has 0 nitrogen and oxygen atoms in total. The van der Waals surface area contributed by atoms with Crippen molar-refractivity contribution < 1.29 is 0 Å². The van der Waals surface area contributed by atoms with Gasteiger partial charge in [0.2, 0.25) is 0 Å². The fraction of sp³-hybridized carbons (Fsp3) is 0. The first kappa shape index (κ1) is 120. The molecule has 0 N–H and O–H groups in total. The van der Waals surface area contributed by atoms with Gasteiger partial charge >= 0.3 is 0 Å². The molecule has 0 aliphatic carbocycles.